The summed E-state index contributed by atoms with van der Waals surface area (Å²) in [5.74, 6) is -0.0933. The van der Waals surface area contributed by atoms with E-state index in [2.05, 4.69) is 10.3 Å². The maximum absolute atomic E-state index is 13.1. The molecular weight excluding hydrogens is 497 g/mol. The van der Waals surface area contributed by atoms with Crippen molar-refractivity contribution in [2.75, 3.05) is 19.6 Å². The van der Waals surface area contributed by atoms with Crippen LogP contribution < -0.4 is 5.32 Å². The molecule has 0 radical (unpaired) electrons. The second-order valence-corrected chi connectivity index (χ2v) is 10.7. The number of pyridine rings is 1. The minimum absolute atomic E-state index is 0.0770. The lowest BCUT2D eigenvalue weighted by Gasteiger charge is -2.39. The van der Waals surface area contributed by atoms with Crippen LogP contribution in [0.15, 0.2) is 42.6 Å². The van der Waals surface area contributed by atoms with E-state index < -0.39 is 18.2 Å². The lowest BCUT2D eigenvalue weighted by atomic mass is 10.0. The maximum Gasteiger partial charge on any atom is 0.410 e. The van der Waals surface area contributed by atoms with Crippen molar-refractivity contribution in [3.8, 4) is 11.3 Å². The number of nitrogens with one attached hydrogen (secondary N) is 1. The van der Waals surface area contributed by atoms with E-state index in [0.717, 1.165) is 22.4 Å². The summed E-state index contributed by atoms with van der Waals surface area (Å²) in [4.78, 5) is 31.5. The highest BCUT2D eigenvalue weighted by Crippen LogP contribution is 2.26. The molecule has 0 unspecified atom stereocenters. The Morgan fingerprint density at radius 2 is 1.68 bits per heavy atom. The third-order valence-corrected chi connectivity index (χ3v) is 6.32. The minimum Gasteiger partial charge on any atom is -0.444 e. The van der Waals surface area contributed by atoms with Gasteiger partial charge in [0, 0.05) is 57.4 Å². The summed E-state index contributed by atoms with van der Waals surface area (Å²) in [5.41, 5.74) is 2.87. The number of carbonyl (C=O) groups excluding carboxylic acids is 2. The van der Waals surface area contributed by atoms with Gasteiger partial charge in [0.25, 0.3) is 0 Å². The van der Waals surface area contributed by atoms with E-state index in [1.807, 2.05) is 41.3 Å². The third-order valence-electron chi connectivity index (χ3n) is 6.32. The zero-order valence-electron chi connectivity index (χ0n) is 22.5. The van der Waals surface area contributed by atoms with Crippen LogP contribution in [0.3, 0.4) is 0 Å². The molecule has 2 heterocycles. The van der Waals surface area contributed by atoms with E-state index in [4.69, 9.17) is 4.74 Å². The largest absolute Gasteiger partial charge is 0.444 e. The average Bonchev–Trinajstić information content (AvgIpc) is 2.84. The molecule has 2 amide bonds. The molecule has 38 heavy (non-hydrogen) atoms. The number of nitrogens with zero attached hydrogens (tertiary/aromatic N) is 3. The van der Waals surface area contributed by atoms with Gasteiger partial charge in [-0.2, -0.15) is 13.2 Å². The normalized spacial score (nSPS) is 15.0. The first-order valence-electron chi connectivity index (χ1n) is 12.9. The molecule has 0 aliphatic carbocycles. The number of alkyl halides is 3. The number of hydrogen-bond donors (Lipinski definition) is 1. The zero-order chi connectivity index (χ0) is 27.9. The molecule has 0 atom stereocenters. The highest BCUT2D eigenvalue weighted by molar-refractivity contribution is 5.72. The van der Waals surface area contributed by atoms with Crippen LogP contribution in [0, 0.1) is 0 Å². The van der Waals surface area contributed by atoms with Crippen LogP contribution >= 0.6 is 0 Å². The van der Waals surface area contributed by atoms with Crippen LogP contribution in [0.2, 0.25) is 0 Å². The standard InChI is InChI=1S/C28H37F3N4O3/c1-20(36)32-17-21-5-8-23(9-6-21)25-10-7-22(18-33-25)19-35(16-13-28(29,30)31)24-11-14-34(15-12-24)26(37)38-27(2,3)4/h5-10,18,24H,11-17,19H2,1-4H3,(H,32,36). The first-order valence-corrected chi connectivity index (χ1v) is 12.9. The summed E-state index contributed by atoms with van der Waals surface area (Å²) >= 11 is 0. The predicted molar refractivity (Wildman–Crippen MR) is 139 cm³/mol. The first-order chi connectivity index (χ1) is 17.8. The van der Waals surface area contributed by atoms with Gasteiger partial charge in [0.05, 0.1) is 12.1 Å². The van der Waals surface area contributed by atoms with E-state index in [9.17, 15) is 22.8 Å². The first kappa shape index (κ1) is 29.4. The molecular formula is C28H37F3N4O3. The molecule has 1 fully saturated rings. The van der Waals surface area contributed by atoms with Gasteiger partial charge in [-0.15, -0.1) is 0 Å². The van der Waals surface area contributed by atoms with Crippen molar-refractivity contribution < 1.29 is 27.5 Å². The number of halogens is 3. The molecule has 7 nitrogen and oxygen atoms in total. The summed E-state index contributed by atoms with van der Waals surface area (Å²) < 4.78 is 44.7. The lowest BCUT2D eigenvalue weighted by Crippen LogP contribution is -2.48. The van der Waals surface area contributed by atoms with Crippen molar-refractivity contribution in [2.24, 2.45) is 0 Å². The number of amides is 2. The Morgan fingerprint density at radius 1 is 1.05 bits per heavy atom. The Bertz CT molecular complexity index is 1060. The number of rotatable bonds is 8. The molecule has 3 rings (SSSR count). The smallest absolute Gasteiger partial charge is 0.410 e. The van der Waals surface area contributed by atoms with Gasteiger partial charge in [-0.25, -0.2) is 4.79 Å². The topological polar surface area (TPSA) is 74.8 Å². The molecule has 0 spiro atoms. The van der Waals surface area contributed by atoms with Crippen molar-refractivity contribution in [1.82, 2.24) is 20.1 Å². The summed E-state index contributed by atoms with van der Waals surface area (Å²) in [5, 5.41) is 2.75. The van der Waals surface area contributed by atoms with Gasteiger partial charge in [-0.1, -0.05) is 30.3 Å². The van der Waals surface area contributed by atoms with Crippen LogP contribution in [0.1, 0.15) is 58.1 Å². The lowest BCUT2D eigenvalue weighted by molar-refractivity contribution is -0.140. The number of hydrogen-bond acceptors (Lipinski definition) is 5. The number of aromatic nitrogens is 1. The number of benzene rings is 1. The molecule has 2 aromatic rings. The van der Waals surface area contributed by atoms with Crippen LogP contribution in [-0.2, 0) is 22.6 Å². The average molecular weight is 535 g/mol. The maximum atomic E-state index is 13.1. The monoisotopic (exact) mass is 534 g/mol. The summed E-state index contributed by atoms with van der Waals surface area (Å²) in [6.07, 6.45) is -2.67. The third kappa shape index (κ3) is 9.63. The van der Waals surface area contributed by atoms with Crippen molar-refractivity contribution in [1.29, 1.82) is 0 Å². The molecule has 1 N–H and O–H groups in total. The second-order valence-electron chi connectivity index (χ2n) is 10.7. The van der Waals surface area contributed by atoms with Crippen molar-refractivity contribution in [3.05, 3.63) is 53.7 Å². The van der Waals surface area contributed by atoms with Gasteiger partial charge in [-0.3, -0.25) is 14.7 Å². The zero-order valence-corrected chi connectivity index (χ0v) is 22.5. The Morgan fingerprint density at radius 3 is 2.21 bits per heavy atom. The van der Waals surface area contributed by atoms with Gasteiger partial charge >= 0.3 is 12.3 Å². The quantitative estimate of drug-likeness (QED) is 0.482. The van der Waals surface area contributed by atoms with E-state index >= 15 is 0 Å². The van der Waals surface area contributed by atoms with Gasteiger partial charge in [0.1, 0.15) is 5.60 Å². The van der Waals surface area contributed by atoms with Crippen LogP contribution in [0.4, 0.5) is 18.0 Å². The SMILES string of the molecule is CC(=O)NCc1ccc(-c2ccc(CN(CCC(F)(F)F)C3CCN(C(=O)OC(C)(C)C)CC3)cn2)cc1. The van der Waals surface area contributed by atoms with Crippen LogP contribution in [0.5, 0.6) is 0 Å². The molecule has 1 aliphatic rings. The highest BCUT2D eigenvalue weighted by atomic mass is 19.4. The van der Waals surface area contributed by atoms with Gasteiger partial charge < -0.3 is 15.0 Å². The predicted octanol–water partition coefficient (Wildman–Crippen LogP) is 5.54. The summed E-state index contributed by atoms with van der Waals surface area (Å²) in [6, 6.07) is 11.4. The number of carbonyl (C=O) groups is 2. The summed E-state index contributed by atoms with van der Waals surface area (Å²) in [6.45, 7) is 8.45. The van der Waals surface area contributed by atoms with Crippen LogP contribution in [0.25, 0.3) is 11.3 Å². The number of ether oxygens (including phenoxy) is 1. The Kier molecular flexibility index (Phi) is 9.76. The van der Waals surface area contributed by atoms with E-state index in [-0.39, 0.29) is 24.6 Å². The molecule has 1 aromatic carbocycles. The van der Waals surface area contributed by atoms with Crippen LogP contribution in [-0.4, -0.2) is 64.2 Å². The minimum atomic E-state index is -4.25. The van der Waals surface area contributed by atoms with Crippen molar-refractivity contribution >= 4 is 12.0 Å². The number of likely N-dealkylation sites (tertiary alicyclic amines) is 1. The van der Waals surface area contributed by atoms with Gasteiger partial charge in [0.15, 0.2) is 0 Å². The Hall–Kier alpha value is -3.14. The van der Waals surface area contributed by atoms with Crippen molar-refractivity contribution in [2.45, 2.75) is 77.9 Å². The van der Waals surface area contributed by atoms with Crippen molar-refractivity contribution in [3.63, 3.8) is 0 Å². The number of piperidine rings is 1. The molecule has 1 saturated heterocycles. The molecule has 10 heteroatoms. The molecule has 0 saturated carbocycles. The summed E-state index contributed by atoms with van der Waals surface area (Å²) in [7, 11) is 0. The molecule has 208 valence electrons. The molecule has 1 aliphatic heterocycles. The Balaban J connectivity index is 1.64. The second kappa shape index (κ2) is 12.6. The fraction of sp³-hybridized carbons (Fsp3) is 0.536. The fourth-order valence-electron chi connectivity index (χ4n) is 4.34. The van der Waals surface area contributed by atoms with Gasteiger partial charge in [-0.05, 0) is 50.8 Å². The fourth-order valence-corrected chi connectivity index (χ4v) is 4.34. The molecule has 0 bridgehead atoms. The van der Waals surface area contributed by atoms with E-state index in [1.54, 1.807) is 31.9 Å². The highest BCUT2D eigenvalue weighted by Gasteiger charge is 2.33. The van der Waals surface area contributed by atoms with Gasteiger partial charge in [0.2, 0.25) is 5.91 Å². The van der Waals surface area contributed by atoms with E-state index in [1.165, 1.54) is 6.92 Å². The van der Waals surface area contributed by atoms with E-state index in [0.29, 0.717) is 39.0 Å². The Labute approximate surface area is 222 Å². The molecule has 1 aromatic heterocycles.